The molecule has 1 aliphatic rings. The van der Waals surface area contributed by atoms with Gasteiger partial charge in [-0.05, 0) is 19.3 Å². The number of aliphatic carboxylic acids is 1. The van der Waals surface area contributed by atoms with Crippen LogP contribution in [0.3, 0.4) is 0 Å². The lowest BCUT2D eigenvalue weighted by atomic mass is 9.84. The highest BCUT2D eigenvalue weighted by molar-refractivity contribution is 7.91. The van der Waals surface area contributed by atoms with Crippen molar-refractivity contribution in [3.63, 3.8) is 0 Å². The van der Waals surface area contributed by atoms with Gasteiger partial charge >= 0.3 is 5.97 Å². The van der Waals surface area contributed by atoms with E-state index in [-0.39, 0.29) is 24.3 Å². The fourth-order valence-corrected chi connectivity index (χ4v) is 4.11. The Kier molecular flexibility index (Phi) is 4.94. The van der Waals surface area contributed by atoms with Gasteiger partial charge in [0.2, 0.25) is 0 Å². The standard InChI is InChI=1S/C11H20O5S/c1-2-3-6-16-7-4-11(10(12)13)5-8-17(14,15)9-11/h2-9H2,1H3,(H,12,13). The van der Waals surface area contributed by atoms with Gasteiger partial charge in [-0.3, -0.25) is 4.79 Å². The van der Waals surface area contributed by atoms with E-state index in [1.807, 2.05) is 6.92 Å². The van der Waals surface area contributed by atoms with E-state index in [4.69, 9.17) is 4.74 Å². The topological polar surface area (TPSA) is 80.7 Å². The van der Waals surface area contributed by atoms with Crippen molar-refractivity contribution in [1.82, 2.24) is 0 Å². The van der Waals surface area contributed by atoms with Crippen LogP contribution >= 0.6 is 0 Å². The fourth-order valence-electron chi connectivity index (χ4n) is 2.00. The third-order valence-electron chi connectivity index (χ3n) is 3.21. The lowest BCUT2D eigenvalue weighted by molar-refractivity contribution is -0.148. The van der Waals surface area contributed by atoms with E-state index >= 15 is 0 Å². The van der Waals surface area contributed by atoms with Crippen molar-refractivity contribution in [2.45, 2.75) is 32.6 Å². The van der Waals surface area contributed by atoms with Gasteiger partial charge < -0.3 is 9.84 Å². The Balaban J connectivity index is 2.48. The molecule has 0 radical (unpaired) electrons. The fraction of sp³-hybridized carbons (Fsp3) is 0.909. The van der Waals surface area contributed by atoms with Crippen LogP contribution in [0.4, 0.5) is 0 Å². The highest BCUT2D eigenvalue weighted by Crippen LogP contribution is 2.36. The first-order valence-corrected chi connectivity index (χ1v) is 7.75. The van der Waals surface area contributed by atoms with Crippen molar-refractivity contribution in [3.05, 3.63) is 0 Å². The number of carboxylic acid groups (broad SMARTS) is 1. The molecule has 0 spiro atoms. The number of hydrogen-bond acceptors (Lipinski definition) is 4. The Morgan fingerprint density at radius 2 is 2.12 bits per heavy atom. The van der Waals surface area contributed by atoms with Crippen LogP contribution in [0.1, 0.15) is 32.6 Å². The number of unbranched alkanes of at least 4 members (excludes halogenated alkanes) is 1. The van der Waals surface area contributed by atoms with E-state index in [1.165, 1.54) is 0 Å². The molecular formula is C11H20O5S. The molecule has 1 N–H and O–H groups in total. The van der Waals surface area contributed by atoms with Crippen LogP contribution in [0.25, 0.3) is 0 Å². The zero-order valence-electron chi connectivity index (χ0n) is 10.1. The summed E-state index contributed by atoms with van der Waals surface area (Å²) in [5, 5.41) is 9.18. The summed E-state index contributed by atoms with van der Waals surface area (Å²) in [4.78, 5) is 11.2. The summed E-state index contributed by atoms with van der Waals surface area (Å²) in [6, 6.07) is 0. The number of carboxylic acids is 1. The molecule has 0 amide bonds. The van der Waals surface area contributed by atoms with Gasteiger partial charge in [0.25, 0.3) is 0 Å². The van der Waals surface area contributed by atoms with E-state index in [9.17, 15) is 18.3 Å². The first-order valence-electron chi connectivity index (χ1n) is 5.93. The molecule has 1 rings (SSSR count). The van der Waals surface area contributed by atoms with Gasteiger partial charge in [0.15, 0.2) is 9.84 Å². The average molecular weight is 264 g/mol. The molecule has 0 aromatic carbocycles. The molecule has 5 nitrogen and oxygen atoms in total. The second-order valence-electron chi connectivity index (χ2n) is 4.64. The average Bonchev–Trinajstić information content (AvgIpc) is 2.55. The maximum atomic E-state index is 11.4. The molecular weight excluding hydrogens is 244 g/mol. The Morgan fingerprint density at radius 3 is 2.59 bits per heavy atom. The lowest BCUT2D eigenvalue weighted by Crippen LogP contribution is -2.33. The first-order chi connectivity index (χ1) is 7.92. The molecule has 1 atom stereocenters. The molecule has 17 heavy (non-hydrogen) atoms. The Hall–Kier alpha value is -0.620. The minimum atomic E-state index is -3.18. The molecule has 0 aromatic heterocycles. The second kappa shape index (κ2) is 5.82. The van der Waals surface area contributed by atoms with Crippen molar-refractivity contribution < 1.29 is 23.1 Å². The monoisotopic (exact) mass is 264 g/mol. The SMILES string of the molecule is CCCCOCCC1(C(=O)O)CCS(=O)(=O)C1. The van der Waals surface area contributed by atoms with Gasteiger partial charge in [-0.25, -0.2) is 8.42 Å². The quantitative estimate of drug-likeness (QED) is 0.696. The molecule has 1 fully saturated rings. The number of ether oxygens (including phenoxy) is 1. The molecule has 1 aliphatic heterocycles. The summed E-state index contributed by atoms with van der Waals surface area (Å²) in [6.45, 7) is 2.98. The zero-order valence-corrected chi connectivity index (χ0v) is 11.0. The third-order valence-corrected chi connectivity index (χ3v) is 5.03. The van der Waals surface area contributed by atoms with Crippen LogP contribution in [0.5, 0.6) is 0 Å². The van der Waals surface area contributed by atoms with Gasteiger partial charge in [-0.2, -0.15) is 0 Å². The van der Waals surface area contributed by atoms with Gasteiger partial charge in [0, 0.05) is 13.2 Å². The normalized spacial score (nSPS) is 27.1. The number of carbonyl (C=O) groups is 1. The highest BCUT2D eigenvalue weighted by Gasteiger charge is 2.47. The van der Waals surface area contributed by atoms with Crippen LogP contribution in [0.15, 0.2) is 0 Å². The van der Waals surface area contributed by atoms with Gasteiger partial charge in [0.1, 0.15) is 0 Å². The second-order valence-corrected chi connectivity index (χ2v) is 6.83. The largest absolute Gasteiger partial charge is 0.481 e. The number of hydrogen-bond donors (Lipinski definition) is 1. The molecule has 0 aliphatic carbocycles. The summed E-state index contributed by atoms with van der Waals surface area (Å²) in [7, 11) is -3.18. The minimum absolute atomic E-state index is 0.0196. The lowest BCUT2D eigenvalue weighted by Gasteiger charge is -2.21. The van der Waals surface area contributed by atoms with Gasteiger partial charge in [-0.15, -0.1) is 0 Å². The first kappa shape index (κ1) is 14.4. The summed E-state index contributed by atoms with van der Waals surface area (Å²) in [6.07, 6.45) is 2.46. The summed E-state index contributed by atoms with van der Waals surface area (Å²) in [5.41, 5.74) is -1.12. The maximum Gasteiger partial charge on any atom is 0.310 e. The smallest absolute Gasteiger partial charge is 0.310 e. The molecule has 1 heterocycles. The Bertz CT molecular complexity index is 362. The van der Waals surface area contributed by atoms with E-state index in [1.54, 1.807) is 0 Å². The van der Waals surface area contributed by atoms with Gasteiger partial charge in [-0.1, -0.05) is 13.3 Å². The molecule has 6 heteroatoms. The molecule has 1 saturated heterocycles. The molecule has 1 unspecified atom stereocenters. The highest BCUT2D eigenvalue weighted by atomic mass is 32.2. The molecule has 0 bridgehead atoms. The van der Waals surface area contributed by atoms with E-state index in [0.717, 1.165) is 12.8 Å². The Labute approximate surface area is 102 Å². The predicted molar refractivity (Wildman–Crippen MR) is 63.7 cm³/mol. The summed E-state index contributed by atoms with van der Waals surface area (Å²) < 4.78 is 28.1. The van der Waals surface area contributed by atoms with E-state index in [0.29, 0.717) is 13.2 Å². The number of sulfone groups is 1. The van der Waals surface area contributed by atoms with Crippen molar-refractivity contribution in [1.29, 1.82) is 0 Å². The van der Waals surface area contributed by atoms with Crippen molar-refractivity contribution in [2.24, 2.45) is 5.41 Å². The van der Waals surface area contributed by atoms with Crippen molar-refractivity contribution in [3.8, 4) is 0 Å². The van der Waals surface area contributed by atoms with Gasteiger partial charge in [0.05, 0.1) is 16.9 Å². The minimum Gasteiger partial charge on any atom is -0.481 e. The third kappa shape index (κ3) is 3.96. The molecule has 0 aromatic rings. The van der Waals surface area contributed by atoms with Crippen molar-refractivity contribution >= 4 is 15.8 Å². The predicted octanol–water partition coefficient (Wildman–Crippen LogP) is 1.08. The van der Waals surface area contributed by atoms with Crippen LogP contribution in [0, 0.1) is 5.41 Å². The van der Waals surface area contributed by atoms with Crippen LogP contribution in [-0.2, 0) is 19.4 Å². The summed E-state index contributed by atoms with van der Waals surface area (Å²) >= 11 is 0. The Morgan fingerprint density at radius 1 is 1.41 bits per heavy atom. The maximum absolute atomic E-state index is 11.4. The van der Waals surface area contributed by atoms with Crippen LogP contribution < -0.4 is 0 Å². The zero-order chi connectivity index (χ0) is 12.9. The van der Waals surface area contributed by atoms with Crippen LogP contribution in [-0.4, -0.2) is 44.2 Å². The molecule has 100 valence electrons. The molecule has 0 saturated carbocycles. The number of rotatable bonds is 7. The van der Waals surface area contributed by atoms with Crippen molar-refractivity contribution in [2.75, 3.05) is 24.7 Å². The van der Waals surface area contributed by atoms with E-state index in [2.05, 4.69) is 0 Å². The van der Waals surface area contributed by atoms with E-state index < -0.39 is 21.2 Å². The summed E-state index contributed by atoms with van der Waals surface area (Å²) in [5.74, 6) is -1.28. The van der Waals surface area contributed by atoms with Crippen LogP contribution in [0.2, 0.25) is 0 Å².